The lowest BCUT2D eigenvalue weighted by atomic mass is 9.91. The van der Waals surface area contributed by atoms with Crippen molar-refractivity contribution in [1.82, 2.24) is 0 Å². The van der Waals surface area contributed by atoms with Crippen molar-refractivity contribution in [2.75, 3.05) is 9.80 Å². The fraction of sp³-hybridized carbons (Fsp3) is 0.0588. The minimum Gasteiger partial charge on any atom is -0.454 e. The van der Waals surface area contributed by atoms with Crippen molar-refractivity contribution in [3.8, 4) is 22.3 Å². The molecule has 0 aliphatic carbocycles. The summed E-state index contributed by atoms with van der Waals surface area (Å²) in [5.41, 5.74) is 19.0. The van der Waals surface area contributed by atoms with Gasteiger partial charge in [0.15, 0.2) is 11.2 Å². The summed E-state index contributed by atoms with van der Waals surface area (Å²) in [7, 11) is 0. The third-order valence-corrected chi connectivity index (χ3v) is 15.0. The molecule has 0 atom stereocenters. The van der Waals surface area contributed by atoms with Crippen LogP contribution in [0.5, 0.6) is 0 Å². The molecular formula is C68H48N2O2. The molecule has 14 rings (SSSR count). The first-order chi connectivity index (χ1) is 35.4. The Balaban J connectivity index is 1.05. The monoisotopic (exact) mass is 924 g/mol. The summed E-state index contributed by atoms with van der Waals surface area (Å²) in [4.78, 5) is 4.90. The molecule has 0 amide bonds. The van der Waals surface area contributed by atoms with E-state index in [1.807, 2.05) is 0 Å². The smallest absolute Gasteiger partial charge is 0.159 e. The normalized spacial score (nSPS) is 11.9. The molecule has 4 nitrogen and oxygen atoms in total. The number of hydrogen-bond donors (Lipinski definition) is 0. The van der Waals surface area contributed by atoms with Gasteiger partial charge in [0, 0.05) is 43.7 Å². The second-order valence-electron chi connectivity index (χ2n) is 19.4. The minimum absolute atomic E-state index is 0.871. The van der Waals surface area contributed by atoms with Crippen LogP contribution in [0.25, 0.3) is 98.4 Å². The van der Waals surface area contributed by atoms with E-state index in [9.17, 15) is 0 Å². The molecule has 12 aromatic carbocycles. The molecule has 0 unspecified atom stereocenters. The van der Waals surface area contributed by atoms with Gasteiger partial charge in [0.05, 0.1) is 22.7 Å². The maximum absolute atomic E-state index is 7.03. The van der Waals surface area contributed by atoms with Crippen LogP contribution >= 0.6 is 0 Å². The van der Waals surface area contributed by atoms with Crippen molar-refractivity contribution in [2.45, 2.75) is 27.7 Å². The molecule has 0 bridgehead atoms. The molecule has 2 heterocycles. The highest BCUT2D eigenvalue weighted by atomic mass is 16.3. The average Bonchev–Trinajstić information content (AvgIpc) is 4.01. The average molecular weight is 925 g/mol. The summed E-state index contributed by atoms with van der Waals surface area (Å²) in [6, 6.07) is 79.5. The van der Waals surface area contributed by atoms with Crippen LogP contribution in [0.1, 0.15) is 22.3 Å². The Labute approximate surface area is 417 Å². The molecule has 4 heteroatoms. The van der Waals surface area contributed by atoms with Gasteiger partial charge in [-0.15, -0.1) is 0 Å². The van der Waals surface area contributed by atoms with Crippen LogP contribution in [0.2, 0.25) is 0 Å². The van der Waals surface area contributed by atoms with E-state index in [-0.39, 0.29) is 0 Å². The number of para-hydroxylation sites is 2. The molecule has 2 aromatic heterocycles. The van der Waals surface area contributed by atoms with Crippen LogP contribution in [0.4, 0.5) is 34.1 Å². The molecule has 0 aliphatic heterocycles. The number of nitrogens with zero attached hydrogens (tertiary/aromatic N) is 2. The SMILES string of the molecule is Cc1ccc2c(oc3c(C)cccc32)c1N(c1cccc(-c2ccccc2)c1)c1ccc2ccc3c(N(c4cccc(-c5ccccc5)c4)c4c(C)ccc5c4oc4c(C)cccc45)ccc4ccc1c2c43. The van der Waals surface area contributed by atoms with E-state index in [1.54, 1.807) is 0 Å². The second-order valence-corrected chi connectivity index (χ2v) is 19.4. The van der Waals surface area contributed by atoms with Crippen LogP contribution in [0.3, 0.4) is 0 Å². The van der Waals surface area contributed by atoms with Gasteiger partial charge in [-0.05, 0) is 130 Å². The van der Waals surface area contributed by atoms with Crippen LogP contribution in [-0.2, 0) is 0 Å². The summed E-state index contributed by atoms with van der Waals surface area (Å²) in [6.07, 6.45) is 0. The summed E-state index contributed by atoms with van der Waals surface area (Å²) < 4.78 is 14.1. The molecule has 0 aliphatic rings. The largest absolute Gasteiger partial charge is 0.454 e. The zero-order valence-corrected chi connectivity index (χ0v) is 40.5. The Morgan fingerprint density at radius 2 is 0.653 bits per heavy atom. The number of aryl methyl sites for hydroxylation is 4. The van der Waals surface area contributed by atoms with E-state index in [0.717, 1.165) is 122 Å². The summed E-state index contributed by atoms with van der Waals surface area (Å²) in [6.45, 7) is 8.68. The van der Waals surface area contributed by atoms with Gasteiger partial charge in [-0.3, -0.25) is 0 Å². The molecule has 0 saturated heterocycles. The third kappa shape index (κ3) is 6.39. The zero-order chi connectivity index (χ0) is 48.2. The van der Waals surface area contributed by atoms with Gasteiger partial charge in [-0.2, -0.15) is 0 Å². The molecule has 0 saturated carbocycles. The van der Waals surface area contributed by atoms with Crippen molar-refractivity contribution >= 4 is 110 Å². The quantitative estimate of drug-likeness (QED) is 0.142. The summed E-state index contributed by atoms with van der Waals surface area (Å²) >= 11 is 0. The number of rotatable bonds is 8. The van der Waals surface area contributed by atoms with E-state index in [0.29, 0.717) is 0 Å². The first-order valence-electron chi connectivity index (χ1n) is 24.8. The summed E-state index contributed by atoms with van der Waals surface area (Å²) in [5.74, 6) is 0. The number of anilines is 6. The van der Waals surface area contributed by atoms with Crippen molar-refractivity contribution in [3.63, 3.8) is 0 Å². The number of fused-ring (bicyclic) bond motifs is 6. The molecular weight excluding hydrogens is 877 g/mol. The van der Waals surface area contributed by atoms with Crippen LogP contribution < -0.4 is 9.80 Å². The van der Waals surface area contributed by atoms with Gasteiger partial charge in [0.2, 0.25) is 0 Å². The fourth-order valence-corrected chi connectivity index (χ4v) is 11.6. The number of benzene rings is 12. The first kappa shape index (κ1) is 41.8. The highest BCUT2D eigenvalue weighted by Gasteiger charge is 2.28. The fourth-order valence-electron chi connectivity index (χ4n) is 11.6. The lowest BCUT2D eigenvalue weighted by Crippen LogP contribution is -2.13. The Morgan fingerprint density at radius 1 is 0.278 bits per heavy atom. The Bertz CT molecular complexity index is 4160. The van der Waals surface area contributed by atoms with Crippen LogP contribution in [0, 0.1) is 27.7 Å². The molecule has 0 radical (unpaired) electrons. The van der Waals surface area contributed by atoms with Gasteiger partial charge in [-0.25, -0.2) is 0 Å². The molecule has 342 valence electrons. The lowest BCUT2D eigenvalue weighted by molar-refractivity contribution is 0.665. The number of furan rings is 2. The first-order valence-corrected chi connectivity index (χ1v) is 24.8. The van der Waals surface area contributed by atoms with Gasteiger partial charge in [-0.1, -0.05) is 182 Å². The second kappa shape index (κ2) is 16.2. The third-order valence-electron chi connectivity index (χ3n) is 15.0. The van der Waals surface area contributed by atoms with Crippen molar-refractivity contribution in [3.05, 3.63) is 241 Å². The molecule has 0 fully saturated rings. The van der Waals surface area contributed by atoms with Gasteiger partial charge < -0.3 is 18.6 Å². The predicted molar refractivity (Wildman–Crippen MR) is 304 cm³/mol. The van der Waals surface area contributed by atoms with Crippen LogP contribution in [-0.4, -0.2) is 0 Å². The van der Waals surface area contributed by atoms with Crippen molar-refractivity contribution in [1.29, 1.82) is 0 Å². The predicted octanol–water partition coefficient (Wildman–Crippen LogP) is 19.9. The maximum Gasteiger partial charge on any atom is 0.159 e. The summed E-state index contributed by atoms with van der Waals surface area (Å²) in [5, 5.41) is 11.5. The lowest BCUT2D eigenvalue weighted by Gasteiger charge is -2.31. The highest BCUT2D eigenvalue weighted by molar-refractivity contribution is 6.29. The topological polar surface area (TPSA) is 32.8 Å². The van der Waals surface area contributed by atoms with E-state index in [2.05, 4.69) is 256 Å². The van der Waals surface area contributed by atoms with E-state index >= 15 is 0 Å². The standard InChI is InChI=1S/C68H48N2O2/c1-41-27-33-55-53-25-11-15-43(3)65(53)71-67(55)63(41)69(51-23-13-21-49(39-51)45-17-7-5-8-18-45)59-37-31-47-30-36-58-60(38-32-48-29-35-57(59)61(47)62(48)58)70(52-24-14-22-50(40-52)46-19-9-6-10-20-46)64-42(2)28-34-56-54-26-12-16-44(4)66(54)72-68(56)64/h5-40H,1-4H3. The van der Waals surface area contributed by atoms with Crippen molar-refractivity contribution in [2.24, 2.45) is 0 Å². The van der Waals surface area contributed by atoms with Gasteiger partial charge in [0.25, 0.3) is 0 Å². The molecule has 0 N–H and O–H groups in total. The van der Waals surface area contributed by atoms with E-state index < -0.39 is 0 Å². The molecule has 14 aromatic rings. The van der Waals surface area contributed by atoms with Crippen LogP contribution in [0.15, 0.2) is 227 Å². The molecule has 0 spiro atoms. The Kier molecular flexibility index (Phi) is 9.43. The molecule has 72 heavy (non-hydrogen) atoms. The van der Waals surface area contributed by atoms with E-state index in [4.69, 9.17) is 8.83 Å². The van der Waals surface area contributed by atoms with Gasteiger partial charge >= 0.3 is 0 Å². The highest BCUT2D eigenvalue weighted by Crippen LogP contribution is 2.52. The Morgan fingerprint density at radius 3 is 1.10 bits per heavy atom. The number of hydrogen-bond acceptors (Lipinski definition) is 4. The maximum atomic E-state index is 7.03. The zero-order valence-electron chi connectivity index (χ0n) is 40.5. The van der Waals surface area contributed by atoms with Gasteiger partial charge in [0.1, 0.15) is 11.2 Å². The minimum atomic E-state index is 0.871. The van der Waals surface area contributed by atoms with Crippen molar-refractivity contribution < 1.29 is 8.83 Å². The van der Waals surface area contributed by atoms with E-state index in [1.165, 1.54) is 32.7 Å². The Hall–Kier alpha value is -9.12.